The van der Waals surface area contributed by atoms with Gasteiger partial charge in [-0.3, -0.25) is 18.9 Å². The largest absolute Gasteiger partial charge is 0.435 e. The molecule has 59 heavy (non-hydrogen) atoms. The number of aromatic nitrogens is 7. The standard InChI is InChI=1S/C38H35ClF7N9O3S/c1-6-24-18(2)30-34(38(44,45)46)50-55(35(30)37(24,42)43)16-29(56)48-27(13-19-11-20(40)14-21(41)12-19)32-22(8-10-26(49-32)28-15-53(3)17-47-28)23-7-9-25(39)31-33(23)54(4)51-36(31)52-59(5,57)58/h7-12,14-15,17-18,24,27H,6,13,16H2,1-5H3,(H,48,56)(H,51,52)/t18-,24+,27-/m0/s1. The molecule has 0 aliphatic heterocycles. The molecule has 0 unspecified atom stereocenters. The quantitative estimate of drug-likeness (QED) is 0.126. The number of nitrogens with one attached hydrogen (secondary N) is 2. The molecule has 7 rings (SSSR count). The van der Waals surface area contributed by atoms with Crippen LogP contribution in [0.1, 0.15) is 60.4 Å². The van der Waals surface area contributed by atoms with E-state index < -0.39 is 81.0 Å². The van der Waals surface area contributed by atoms with E-state index in [2.05, 4.69) is 25.2 Å². The Labute approximate surface area is 337 Å². The third kappa shape index (κ3) is 7.86. The van der Waals surface area contributed by atoms with Crippen LogP contribution in [0.2, 0.25) is 5.02 Å². The van der Waals surface area contributed by atoms with Gasteiger partial charge in [0.05, 0.1) is 45.9 Å². The molecule has 3 atom stereocenters. The minimum absolute atomic E-state index is 0.0238. The molecule has 0 radical (unpaired) electrons. The van der Waals surface area contributed by atoms with Crippen LogP contribution in [0.15, 0.2) is 55.0 Å². The predicted molar refractivity (Wildman–Crippen MR) is 204 cm³/mol. The Morgan fingerprint density at radius 2 is 1.69 bits per heavy atom. The molecule has 0 fully saturated rings. The first kappa shape index (κ1) is 41.7. The molecule has 4 aromatic heterocycles. The number of halogens is 8. The Kier molecular flexibility index (Phi) is 10.6. The smallest absolute Gasteiger partial charge is 0.346 e. The van der Waals surface area contributed by atoms with Gasteiger partial charge in [0.2, 0.25) is 15.9 Å². The SMILES string of the molecule is CC[C@@H]1[C@H](C)c2c(C(F)(F)F)nn(CC(=O)N[C@@H](Cc3cc(F)cc(F)c3)c3nc(-c4cn(C)cn4)ccc3-c3ccc(Cl)c4c(NS(C)(=O)=O)nn(C)c34)c2C1(F)F. The lowest BCUT2D eigenvalue weighted by atomic mass is 9.90. The number of sulfonamides is 1. The number of carbonyl (C=O) groups excluding carboxylic acids is 1. The third-order valence-electron chi connectivity index (χ3n) is 10.3. The van der Waals surface area contributed by atoms with E-state index in [4.69, 9.17) is 16.6 Å². The van der Waals surface area contributed by atoms with E-state index in [1.165, 1.54) is 38.0 Å². The van der Waals surface area contributed by atoms with Crippen molar-refractivity contribution in [3.63, 3.8) is 0 Å². The number of carbonyl (C=O) groups is 1. The van der Waals surface area contributed by atoms with Gasteiger partial charge in [-0.1, -0.05) is 37.6 Å². The van der Waals surface area contributed by atoms with Gasteiger partial charge in [-0.05, 0) is 48.6 Å². The van der Waals surface area contributed by atoms with Crippen molar-refractivity contribution in [3.8, 4) is 22.5 Å². The van der Waals surface area contributed by atoms with Crippen molar-refractivity contribution >= 4 is 44.3 Å². The third-order valence-corrected chi connectivity index (χ3v) is 11.1. The van der Waals surface area contributed by atoms with Crippen molar-refractivity contribution in [2.24, 2.45) is 20.0 Å². The second-order valence-corrected chi connectivity index (χ2v) is 16.7. The molecule has 2 aromatic carbocycles. The van der Waals surface area contributed by atoms with Gasteiger partial charge in [-0.15, -0.1) is 0 Å². The second-order valence-electron chi connectivity index (χ2n) is 14.5. The number of hydrogen-bond donors (Lipinski definition) is 2. The van der Waals surface area contributed by atoms with E-state index in [0.717, 1.165) is 18.4 Å². The number of imidazole rings is 1. The lowest BCUT2D eigenvalue weighted by Crippen LogP contribution is -2.35. The maximum absolute atomic E-state index is 15.9. The number of amides is 1. The molecule has 21 heteroatoms. The molecule has 12 nitrogen and oxygen atoms in total. The number of rotatable bonds is 11. The topological polar surface area (TPSA) is 142 Å². The number of benzene rings is 2. The van der Waals surface area contributed by atoms with Crippen LogP contribution >= 0.6 is 11.6 Å². The highest BCUT2D eigenvalue weighted by atomic mass is 35.5. The van der Waals surface area contributed by atoms with Gasteiger partial charge < -0.3 is 9.88 Å². The number of anilines is 1. The van der Waals surface area contributed by atoms with Gasteiger partial charge in [-0.2, -0.15) is 32.1 Å². The average Bonchev–Trinajstić information content (AvgIpc) is 3.86. The molecule has 0 saturated carbocycles. The number of aryl methyl sites for hydroxylation is 2. The molecule has 0 spiro atoms. The predicted octanol–water partition coefficient (Wildman–Crippen LogP) is 7.89. The van der Waals surface area contributed by atoms with Crippen molar-refractivity contribution in [3.05, 3.63) is 99.9 Å². The van der Waals surface area contributed by atoms with E-state index in [1.807, 2.05) is 0 Å². The number of hydrogen-bond acceptors (Lipinski definition) is 7. The van der Waals surface area contributed by atoms with E-state index in [9.17, 15) is 35.2 Å². The summed E-state index contributed by atoms with van der Waals surface area (Å²) in [5.41, 5.74) is -1.60. The van der Waals surface area contributed by atoms with Gasteiger partial charge in [0, 0.05) is 49.0 Å². The molecule has 2 N–H and O–H groups in total. The Morgan fingerprint density at radius 1 is 1.02 bits per heavy atom. The molecular formula is C38H35ClF7N9O3S. The maximum atomic E-state index is 15.9. The van der Waals surface area contributed by atoms with E-state index in [0.29, 0.717) is 27.5 Å². The summed E-state index contributed by atoms with van der Waals surface area (Å²) < 4.78 is 134. The van der Waals surface area contributed by atoms with Crippen LogP contribution in [0.25, 0.3) is 33.4 Å². The monoisotopic (exact) mass is 865 g/mol. The fraction of sp³-hybridized carbons (Fsp3) is 0.342. The summed E-state index contributed by atoms with van der Waals surface area (Å²) in [6.45, 7) is 1.61. The first-order valence-corrected chi connectivity index (χ1v) is 20.3. The van der Waals surface area contributed by atoms with E-state index >= 15 is 8.78 Å². The Hall–Kier alpha value is -5.50. The highest BCUT2D eigenvalue weighted by molar-refractivity contribution is 7.92. The maximum Gasteiger partial charge on any atom is 0.435 e. The van der Waals surface area contributed by atoms with Crippen LogP contribution in [0, 0.1) is 17.6 Å². The molecular weight excluding hydrogens is 831 g/mol. The highest BCUT2D eigenvalue weighted by Crippen LogP contribution is 2.56. The number of alkyl halides is 5. The highest BCUT2D eigenvalue weighted by Gasteiger charge is 2.58. The van der Waals surface area contributed by atoms with Crippen molar-refractivity contribution in [1.29, 1.82) is 0 Å². The lowest BCUT2D eigenvalue weighted by molar-refractivity contribution is -0.143. The van der Waals surface area contributed by atoms with Crippen LogP contribution in [0.4, 0.5) is 36.6 Å². The van der Waals surface area contributed by atoms with Gasteiger partial charge in [0.25, 0.3) is 5.92 Å². The molecule has 312 valence electrons. The molecule has 4 heterocycles. The summed E-state index contributed by atoms with van der Waals surface area (Å²) >= 11 is 6.60. The van der Waals surface area contributed by atoms with Crippen LogP contribution < -0.4 is 10.0 Å². The average molecular weight is 866 g/mol. The van der Waals surface area contributed by atoms with Gasteiger partial charge in [0.15, 0.2) is 11.5 Å². The summed E-state index contributed by atoms with van der Waals surface area (Å²) in [7, 11) is -0.604. The summed E-state index contributed by atoms with van der Waals surface area (Å²) in [5.74, 6) is -9.56. The summed E-state index contributed by atoms with van der Waals surface area (Å²) in [5, 5.41) is 10.8. The first-order chi connectivity index (χ1) is 27.6. The van der Waals surface area contributed by atoms with Crippen molar-refractivity contribution in [2.45, 2.75) is 57.3 Å². The molecule has 1 amide bonds. The Morgan fingerprint density at radius 3 is 2.31 bits per heavy atom. The fourth-order valence-electron chi connectivity index (χ4n) is 7.94. The number of pyridine rings is 1. The summed E-state index contributed by atoms with van der Waals surface area (Å²) in [4.78, 5) is 23.3. The lowest BCUT2D eigenvalue weighted by Gasteiger charge is -2.24. The summed E-state index contributed by atoms with van der Waals surface area (Å²) in [6.07, 6.45) is -1.55. The van der Waals surface area contributed by atoms with Crippen LogP contribution in [-0.2, 0) is 54.0 Å². The van der Waals surface area contributed by atoms with Crippen molar-refractivity contribution in [1.82, 2.24) is 39.4 Å². The van der Waals surface area contributed by atoms with E-state index in [-0.39, 0.29) is 51.6 Å². The Balaban J connectivity index is 1.41. The van der Waals surface area contributed by atoms with Crippen LogP contribution in [0.5, 0.6) is 0 Å². The van der Waals surface area contributed by atoms with E-state index in [1.54, 1.807) is 36.0 Å². The summed E-state index contributed by atoms with van der Waals surface area (Å²) in [6, 6.07) is 7.57. The van der Waals surface area contributed by atoms with Crippen molar-refractivity contribution < 1.29 is 43.9 Å². The molecule has 1 aliphatic rings. The fourth-order valence-corrected chi connectivity index (χ4v) is 8.67. The zero-order valence-electron chi connectivity index (χ0n) is 31.8. The second kappa shape index (κ2) is 15.0. The molecule has 6 aromatic rings. The minimum Gasteiger partial charge on any atom is -0.346 e. The van der Waals surface area contributed by atoms with Crippen LogP contribution in [-0.4, -0.2) is 54.7 Å². The zero-order chi connectivity index (χ0) is 42.9. The zero-order valence-corrected chi connectivity index (χ0v) is 33.4. The molecule has 0 bridgehead atoms. The Bertz CT molecular complexity index is 2730. The van der Waals surface area contributed by atoms with Crippen molar-refractivity contribution in [2.75, 3.05) is 11.0 Å². The first-order valence-electron chi connectivity index (χ1n) is 18.0. The van der Waals surface area contributed by atoms with Gasteiger partial charge in [0.1, 0.15) is 29.6 Å². The van der Waals surface area contributed by atoms with Crippen LogP contribution in [0.3, 0.4) is 0 Å². The molecule has 0 saturated heterocycles. The molecule has 1 aliphatic carbocycles. The number of nitrogens with zero attached hydrogens (tertiary/aromatic N) is 7. The van der Waals surface area contributed by atoms with Gasteiger partial charge in [-0.25, -0.2) is 27.2 Å². The van der Waals surface area contributed by atoms with Gasteiger partial charge >= 0.3 is 6.18 Å². The normalized spacial score (nSPS) is 17.0. The number of fused-ring (bicyclic) bond motifs is 2. The minimum atomic E-state index is -5.11.